The Morgan fingerprint density at radius 3 is 2.49 bits per heavy atom. The third-order valence-corrected chi connectivity index (χ3v) is 8.03. The lowest BCUT2D eigenvalue weighted by atomic mass is 9.90. The molecule has 4 heterocycles. The van der Waals surface area contributed by atoms with Gasteiger partial charge in [-0.15, -0.1) is 24.8 Å². The molecule has 5 rings (SSSR count). The summed E-state index contributed by atoms with van der Waals surface area (Å²) >= 11 is 0. The Morgan fingerprint density at radius 1 is 0.978 bits per heavy atom. The fourth-order valence-corrected chi connectivity index (χ4v) is 5.60. The number of aryl methyl sites for hydroxylation is 1. The number of aromatic nitrogens is 2. The predicted octanol–water partition coefficient (Wildman–Crippen LogP) is 5.47. The van der Waals surface area contributed by atoms with Crippen molar-refractivity contribution in [1.29, 1.82) is 0 Å². The van der Waals surface area contributed by atoms with Gasteiger partial charge in [-0.2, -0.15) is 0 Å². The normalized spacial score (nSPS) is 14.2. The third kappa shape index (κ3) is 7.52. The number of hydrogen-bond donors (Lipinski definition) is 0. The van der Waals surface area contributed by atoms with Crippen LogP contribution in [-0.2, 0) is 22.7 Å². The van der Waals surface area contributed by atoms with Crippen molar-refractivity contribution in [2.24, 2.45) is 5.41 Å². The molecule has 1 aromatic carbocycles. The first-order chi connectivity index (χ1) is 20.6. The number of pyridine rings is 2. The average Bonchev–Trinajstić information content (AvgIpc) is 3.47. The number of halogens is 2. The Bertz CT molecular complexity index is 1700. The van der Waals surface area contributed by atoms with E-state index < -0.39 is 5.41 Å². The minimum Gasteiger partial charge on any atom is -0.493 e. The topological polar surface area (TPSA) is 101 Å². The third-order valence-electron chi connectivity index (χ3n) is 8.03. The van der Waals surface area contributed by atoms with Crippen LogP contribution in [0.3, 0.4) is 0 Å². The Hall–Kier alpha value is -3.86. The van der Waals surface area contributed by atoms with E-state index in [-0.39, 0.29) is 42.2 Å². The second-order valence-corrected chi connectivity index (χ2v) is 11.5. The molecule has 0 spiro atoms. The number of hydrogen-bond acceptors (Lipinski definition) is 7. The van der Waals surface area contributed by atoms with Gasteiger partial charge in [0.05, 0.1) is 24.2 Å². The lowest BCUT2D eigenvalue weighted by Gasteiger charge is -2.27. The number of amides is 2. The molecule has 0 unspecified atom stereocenters. The second-order valence-electron chi connectivity index (χ2n) is 11.5. The molecule has 0 saturated heterocycles. The molecule has 0 atom stereocenters. The zero-order valence-corrected chi connectivity index (χ0v) is 28.0. The number of benzene rings is 1. The fourth-order valence-electron chi connectivity index (χ4n) is 5.60. The van der Waals surface area contributed by atoms with Gasteiger partial charge < -0.3 is 23.5 Å². The molecule has 2 amide bonds. The van der Waals surface area contributed by atoms with Gasteiger partial charge in [0.2, 0.25) is 11.8 Å². The molecule has 242 valence electrons. The maximum Gasteiger partial charge on any atom is 0.294 e. The number of furan rings is 1. The second kappa shape index (κ2) is 14.9. The highest BCUT2D eigenvalue weighted by molar-refractivity contribution is 6.20. The highest BCUT2D eigenvalue weighted by Gasteiger charge is 2.45. The van der Waals surface area contributed by atoms with Crippen LogP contribution in [0.1, 0.15) is 38.4 Å². The van der Waals surface area contributed by atoms with Crippen LogP contribution < -0.4 is 20.1 Å². The summed E-state index contributed by atoms with van der Waals surface area (Å²) in [5.41, 5.74) is 2.53. The molecule has 0 saturated carbocycles. The van der Waals surface area contributed by atoms with Gasteiger partial charge >= 0.3 is 0 Å². The molecule has 0 N–H and O–H groups in total. The van der Waals surface area contributed by atoms with Crippen molar-refractivity contribution in [2.45, 2.75) is 47.2 Å². The van der Waals surface area contributed by atoms with Gasteiger partial charge in [-0.1, -0.05) is 0 Å². The summed E-state index contributed by atoms with van der Waals surface area (Å²) in [6.07, 6.45) is 5.91. The molecule has 45 heavy (non-hydrogen) atoms. The van der Waals surface area contributed by atoms with E-state index in [2.05, 4.69) is 16.0 Å². The fraction of sp³-hybridized carbons (Fsp3) is 0.394. The average molecular weight is 659 g/mol. The molecular weight excluding hydrogens is 617 g/mol. The van der Waals surface area contributed by atoms with Gasteiger partial charge in [0.1, 0.15) is 11.2 Å². The lowest BCUT2D eigenvalue weighted by Crippen LogP contribution is -2.47. The van der Waals surface area contributed by atoms with Gasteiger partial charge in [0.25, 0.3) is 5.56 Å². The molecule has 0 bridgehead atoms. The number of nitrogens with zero attached hydrogens (tertiary/aromatic N) is 5. The summed E-state index contributed by atoms with van der Waals surface area (Å²) in [6.45, 7) is 10.8. The van der Waals surface area contributed by atoms with E-state index in [1.807, 2.05) is 56.6 Å². The quantitative estimate of drug-likeness (QED) is 0.156. The number of ether oxygens (including phenoxy) is 1. The maximum absolute atomic E-state index is 13.2. The van der Waals surface area contributed by atoms with E-state index in [0.29, 0.717) is 55.5 Å². The summed E-state index contributed by atoms with van der Waals surface area (Å²) in [7, 11) is 1.70. The molecule has 10 nitrogen and oxygen atoms in total. The van der Waals surface area contributed by atoms with Crippen molar-refractivity contribution in [2.75, 3.05) is 43.1 Å². The molecule has 0 radical (unpaired) electrons. The van der Waals surface area contributed by atoms with Crippen molar-refractivity contribution in [1.82, 2.24) is 14.5 Å². The molecule has 0 fully saturated rings. The van der Waals surface area contributed by atoms with Crippen molar-refractivity contribution in [3.8, 4) is 5.75 Å². The summed E-state index contributed by atoms with van der Waals surface area (Å²) in [6, 6.07) is 13.3. The minimum absolute atomic E-state index is 0. The SMILES string of the molecule is CCN1C(=O)C(C)(C)C(=O)N(C)c2cc(OCCCN(CCn3ccc4ccoc4c3=O)Cc3ccnc(C)c3)ccc21.Cl.Cl. The molecular formula is C33H41Cl2N5O5. The van der Waals surface area contributed by atoms with Crippen LogP contribution in [0.25, 0.3) is 11.0 Å². The van der Waals surface area contributed by atoms with Gasteiger partial charge in [-0.3, -0.25) is 24.3 Å². The highest BCUT2D eigenvalue weighted by Crippen LogP contribution is 2.40. The van der Waals surface area contributed by atoms with Crippen LogP contribution in [0.4, 0.5) is 11.4 Å². The number of carbonyl (C=O) groups excluding carboxylic acids is 2. The first-order valence-corrected chi connectivity index (χ1v) is 14.7. The number of anilines is 2. The lowest BCUT2D eigenvalue weighted by molar-refractivity contribution is -0.137. The Labute approximate surface area is 275 Å². The minimum atomic E-state index is -1.16. The zero-order chi connectivity index (χ0) is 30.7. The van der Waals surface area contributed by atoms with Crippen LogP contribution in [0.2, 0.25) is 0 Å². The van der Waals surface area contributed by atoms with Crippen molar-refractivity contribution < 1.29 is 18.7 Å². The van der Waals surface area contributed by atoms with Crippen LogP contribution in [0.15, 0.2) is 70.3 Å². The molecule has 3 aromatic heterocycles. The first kappa shape index (κ1) is 35.6. The van der Waals surface area contributed by atoms with Crippen molar-refractivity contribution in [3.05, 3.63) is 82.7 Å². The standard InChI is InChI=1S/C33H39N5O5.2ClH/c1-6-38-27-9-8-26(21-28(27)35(5)31(40)33(3,4)32(38)41)42-18-7-14-36(22-24-10-13-34-23(2)20-24)16-17-37-15-11-25-12-19-43-29(25)30(37)39;;/h8-13,15,19-21H,6-7,14,16-18,22H2,1-5H3;2*1H. The summed E-state index contributed by atoms with van der Waals surface area (Å²) in [4.78, 5) is 49.0. The molecule has 0 aliphatic carbocycles. The van der Waals surface area contributed by atoms with E-state index in [1.54, 1.807) is 41.3 Å². The smallest absolute Gasteiger partial charge is 0.294 e. The van der Waals surface area contributed by atoms with Gasteiger partial charge in [-0.05, 0) is 76.1 Å². The monoisotopic (exact) mass is 657 g/mol. The Morgan fingerprint density at radius 2 is 1.76 bits per heavy atom. The molecule has 12 heteroatoms. The zero-order valence-electron chi connectivity index (χ0n) is 26.3. The first-order valence-electron chi connectivity index (χ1n) is 14.7. The highest BCUT2D eigenvalue weighted by atomic mass is 35.5. The Balaban J connectivity index is 0.00000276. The molecule has 4 aromatic rings. The largest absolute Gasteiger partial charge is 0.493 e. The van der Waals surface area contributed by atoms with E-state index in [1.165, 1.54) is 6.26 Å². The summed E-state index contributed by atoms with van der Waals surface area (Å²) in [5.74, 6) is 0.172. The van der Waals surface area contributed by atoms with Crippen LogP contribution in [0.5, 0.6) is 5.75 Å². The number of carbonyl (C=O) groups is 2. The van der Waals surface area contributed by atoms with E-state index in [4.69, 9.17) is 9.15 Å². The van der Waals surface area contributed by atoms with Gasteiger partial charge in [0.15, 0.2) is 5.58 Å². The Kier molecular flexibility index (Phi) is 11.8. The van der Waals surface area contributed by atoms with Crippen molar-refractivity contribution in [3.63, 3.8) is 0 Å². The van der Waals surface area contributed by atoms with Crippen LogP contribution in [0, 0.1) is 12.3 Å². The van der Waals surface area contributed by atoms with E-state index in [9.17, 15) is 14.4 Å². The predicted molar refractivity (Wildman–Crippen MR) is 181 cm³/mol. The van der Waals surface area contributed by atoms with E-state index in [0.717, 1.165) is 29.6 Å². The molecule has 1 aliphatic heterocycles. The summed E-state index contributed by atoms with van der Waals surface area (Å²) < 4.78 is 13.2. The van der Waals surface area contributed by atoms with E-state index >= 15 is 0 Å². The molecule has 1 aliphatic rings. The number of rotatable bonds is 11. The van der Waals surface area contributed by atoms with Crippen molar-refractivity contribution >= 4 is 59.0 Å². The van der Waals surface area contributed by atoms with Gasteiger partial charge in [0, 0.05) is 69.3 Å². The van der Waals surface area contributed by atoms with Gasteiger partial charge in [-0.25, -0.2) is 0 Å². The summed E-state index contributed by atoms with van der Waals surface area (Å²) in [5, 5.41) is 0.800. The van der Waals surface area contributed by atoms with Crippen LogP contribution >= 0.6 is 24.8 Å². The maximum atomic E-state index is 13.2. The number of fused-ring (bicyclic) bond motifs is 2. The van der Waals surface area contributed by atoms with Crippen LogP contribution in [-0.4, -0.2) is 59.6 Å².